The van der Waals surface area contributed by atoms with Crippen molar-refractivity contribution in [3.8, 4) is 6.07 Å². The molecule has 0 unspecified atom stereocenters. The van der Waals surface area contributed by atoms with Crippen LogP contribution in [0.2, 0.25) is 0 Å². The number of carbonyl (C=O) groups is 2. The molecule has 0 fully saturated rings. The summed E-state index contributed by atoms with van der Waals surface area (Å²) in [4.78, 5) is 23.5. The molecule has 5 nitrogen and oxygen atoms in total. The van der Waals surface area contributed by atoms with Gasteiger partial charge in [-0.05, 0) is 29.3 Å². The normalized spacial score (nSPS) is 10.1. The van der Waals surface area contributed by atoms with Gasteiger partial charge in [-0.3, -0.25) is 9.59 Å². The van der Waals surface area contributed by atoms with Crippen LogP contribution in [0.3, 0.4) is 0 Å². The van der Waals surface area contributed by atoms with E-state index in [0.717, 1.165) is 5.56 Å². The summed E-state index contributed by atoms with van der Waals surface area (Å²) in [6.07, 6.45) is 0.0270. The molecule has 0 bridgehead atoms. The molecule has 27 heavy (non-hydrogen) atoms. The fourth-order valence-electron chi connectivity index (χ4n) is 2.34. The average molecular weight is 385 g/mol. The van der Waals surface area contributed by atoms with E-state index in [9.17, 15) is 14.0 Å². The second-order valence-electron chi connectivity index (χ2n) is 5.75. The minimum atomic E-state index is -0.395. The molecule has 140 valence electrons. The van der Waals surface area contributed by atoms with Crippen LogP contribution in [0.4, 0.5) is 4.39 Å². The molecule has 0 saturated heterocycles. The number of thioether (sulfide) groups is 1. The number of nitrogens with zero attached hydrogens (tertiary/aromatic N) is 1. The number of carbonyl (C=O) groups excluding carboxylic acids is 2. The predicted octanol–water partition coefficient (Wildman–Crippen LogP) is 2.41. The van der Waals surface area contributed by atoms with Crippen molar-refractivity contribution in [2.75, 3.05) is 18.8 Å². The van der Waals surface area contributed by atoms with Crippen molar-refractivity contribution in [2.45, 2.75) is 12.2 Å². The number of benzene rings is 2. The van der Waals surface area contributed by atoms with Crippen LogP contribution in [0, 0.1) is 17.1 Å². The summed E-state index contributed by atoms with van der Waals surface area (Å²) in [5.41, 5.74) is 2.19. The fourth-order valence-corrected chi connectivity index (χ4v) is 3.20. The number of amides is 2. The van der Waals surface area contributed by atoms with E-state index in [1.807, 2.05) is 18.2 Å². The van der Waals surface area contributed by atoms with Crippen LogP contribution in [0.5, 0.6) is 0 Å². The Balaban J connectivity index is 1.59. The third kappa shape index (κ3) is 7.50. The molecule has 2 rings (SSSR count). The molecular formula is C20H20FN3O2S. The quantitative estimate of drug-likeness (QED) is 0.650. The molecule has 0 aliphatic carbocycles. The van der Waals surface area contributed by atoms with E-state index in [1.165, 1.54) is 18.2 Å². The van der Waals surface area contributed by atoms with Gasteiger partial charge < -0.3 is 10.6 Å². The number of hydrogen-bond donors (Lipinski definition) is 2. The first-order valence-electron chi connectivity index (χ1n) is 8.42. The first kappa shape index (κ1) is 20.5. The molecule has 2 aromatic rings. The highest BCUT2D eigenvalue weighted by Gasteiger charge is 2.07. The summed E-state index contributed by atoms with van der Waals surface area (Å²) in [5.74, 6) is 0.388. The van der Waals surface area contributed by atoms with Crippen LogP contribution in [0.15, 0.2) is 48.5 Å². The van der Waals surface area contributed by atoms with Crippen molar-refractivity contribution in [1.82, 2.24) is 10.6 Å². The first-order chi connectivity index (χ1) is 13.1. The van der Waals surface area contributed by atoms with Gasteiger partial charge in [0.1, 0.15) is 5.82 Å². The van der Waals surface area contributed by atoms with Gasteiger partial charge in [-0.2, -0.15) is 17.0 Å². The molecule has 0 aliphatic heterocycles. The van der Waals surface area contributed by atoms with E-state index in [4.69, 9.17) is 5.26 Å². The summed E-state index contributed by atoms with van der Waals surface area (Å²) in [7, 11) is 0. The number of nitriles is 1. The van der Waals surface area contributed by atoms with E-state index in [-0.39, 0.29) is 24.8 Å². The molecule has 0 aliphatic rings. The summed E-state index contributed by atoms with van der Waals surface area (Å²) >= 11 is 1.62. The van der Waals surface area contributed by atoms with Gasteiger partial charge in [-0.15, -0.1) is 0 Å². The fraction of sp³-hybridized carbons (Fsp3) is 0.250. The monoisotopic (exact) mass is 385 g/mol. The predicted molar refractivity (Wildman–Crippen MR) is 103 cm³/mol. The minimum Gasteiger partial charge on any atom is -0.354 e. The molecule has 0 atom stereocenters. The van der Waals surface area contributed by atoms with Crippen LogP contribution in [-0.4, -0.2) is 30.7 Å². The van der Waals surface area contributed by atoms with Gasteiger partial charge in [0.25, 0.3) is 0 Å². The standard InChI is InChI=1S/C20H20FN3O2S/c21-18-7-3-4-15(10-18)11-19(25)24-13-20(26)23-8-9-27-14-17-6-2-1-5-16(17)12-22/h1-7,10H,8-9,11,13-14H2,(H,23,26)(H,24,25). The highest BCUT2D eigenvalue weighted by Crippen LogP contribution is 2.15. The Morgan fingerprint density at radius 3 is 2.67 bits per heavy atom. The maximum atomic E-state index is 13.1. The van der Waals surface area contributed by atoms with Gasteiger partial charge in [-0.25, -0.2) is 4.39 Å². The van der Waals surface area contributed by atoms with E-state index in [2.05, 4.69) is 16.7 Å². The lowest BCUT2D eigenvalue weighted by Crippen LogP contribution is -2.38. The number of halogens is 1. The maximum Gasteiger partial charge on any atom is 0.239 e. The highest BCUT2D eigenvalue weighted by molar-refractivity contribution is 7.98. The molecule has 0 heterocycles. The molecule has 0 spiro atoms. The Morgan fingerprint density at radius 2 is 1.89 bits per heavy atom. The first-order valence-corrected chi connectivity index (χ1v) is 9.57. The van der Waals surface area contributed by atoms with Crippen molar-refractivity contribution in [2.24, 2.45) is 0 Å². The Labute approximate surface area is 162 Å². The summed E-state index contributed by atoms with van der Waals surface area (Å²) < 4.78 is 13.1. The zero-order valence-electron chi connectivity index (χ0n) is 14.7. The third-order valence-corrected chi connectivity index (χ3v) is 4.67. The minimum absolute atomic E-state index is 0.0270. The topological polar surface area (TPSA) is 82.0 Å². The van der Waals surface area contributed by atoms with Crippen LogP contribution in [0.25, 0.3) is 0 Å². The second kappa shape index (κ2) is 11.0. The van der Waals surface area contributed by atoms with E-state index < -0.39 is 5.82 Å². The largest absolute Gasteiger partial charge is 0.354 e. The summed E-state index contributed by atoms with van der Waals surface area (Å²) in [6, 6.07) is 15.4. The van der Waals surface area contributed by atoms with Gasteiger partial charge in [0.2, 0.25) is 11.8 Å². The molecule has 2 aromatic carbocycles. The Hall–Kier alpha value is -2.85. The molecule has 2 amide bonds. The lowest BCUT2D eigenvalue weighted by molar-refractivity contribution is -0.125. The molecule has 0 radical (unpaired) electrons. The molecule has 7 heteroatoms. The lowest BCUT2D eigenvalue weighted by atomic mass is 10.1. The van der Waals surface area contributed by atoms with Crippen molar-refractivity contribution in [1.29, 1.82) is 5.26 Å². The van der Waals surface area contributed by atoms with Crippen molar-refractivity contribution in [3.05, 3.63) is 71.0 Å². The average Bonchev–Trinajstić information content (AvgIpc) is 2.66. The van der Waals surface area contributed by atoms with Gasteiger partial charge >= 0.3 is 0 Å². The van der Waals surface area contributed by atoms with E-state index >= 15 is 0 Å². The van der Waals surface area contributed by atoms with E-state index in [0.29, 0.717) is 29.2 Å². The van der Waals surface area contributed by atoms with Gasteiger partial charge in [0.15, 0.2) is 0 Å². The highest BCUT2D eigenvalue weighted by atomic mass is 32.2. The number of nitrogens with one attached hydrogen (secondary N) is 2. The molecule has 0 aromatic heterocycles. The Morgan fingerprint density at radius 1 is 1.07 bits per heavy atom. The zero-order valence-corrected chi connectivity index (χ0v) is 15.5. The zero-order chi connectivity index (χ0) is 19.5. The van der Waals surface area contributed by atoms with Gasteiger partial charge in [0, 0.05) is 18.1 Å². The van der Waals surface area contributed by atoms with Gasteiger partial charge in [-0.1, -0.05) is 30.3 Å². The van der Waals surface area contributed by atoms with Crippen LogP contribution in [-0.2, 0) is 21.8 Å². The molecular weight excluding hydrogens is 365 g/mol. The van der Waals surface area contributed by atoms with Crippen molar-refractivity contribution < 1.29 is 14.0 Å². The smallest absolute Gasteiger partial charge is 0.239 e. The Kier molecular flexibility index (Phi) is 8.33. The number of hydrogen-bond acceptors (Lipinski definition) is 4. The maximum absolute atomic E-state index is 13.1. The van der Waals surface area contributed by atoms with Crippen LogP contribution >= 0.6 is 11.8 Å². The van der Waals surface area contributed by atoms with Crippen molar-refractivity contribution in [3.63, 3.8) is 0 Å². The molecule has 2 N–H and O–H groups in total. The van der Waals surface area contributed by atoms with Gasteiger partial charge in [0.05, 0.1) is 24.6 Å². The summed E-state index contributed by atoms with van der Waals surface area (Å²) in [5, 5.41) is 14.3. The SMILES string of the molecule is N#Cc1ccccc1CSCCNC(=O)CNC(=O)Cc1cccc(F)c1. The van der Waals surface area contributed by atoms with Crippen molar-refractivity contribution >= 4 is 23.6 Å². The second-order valence-corrected chi connectivity index (χ2v) is 6.86. The van der Waals surface area contributed by atoms with E-state index in [1.54, 1.807) is 23.9 Å². The Bertz CT molecular complexity index is 836. The molecule has 0 saturated carbocycles. The summed E-state index contributed by atoms with van der Waals surface area (Å²) in [6.45, 7) is 0.355. The number of rotatable bonds is 9. The lowest BCUT2D eigenvalue weighted by Gasteiger charge is -2.08. The van der Waals surface area contributed by atoms with Crippen LogP contribution < -0.4 is 10.6 Å². The van der Waals surface area contributed by atoms with Crippen LogP contribution in [0.1, 0.15) is 16.7 Å². The third-order valence-electron chi connectivity index (χ3n) is 3.66.